The monoisotopic (exact) mass is 197 g/mol. The first-order chi connectivity index (χ1) is 6.22. The highest BCUT2D eigenvalue weighted by atomic mass is 16.2. The van der Waals surface area contributed by atoms with Crippen molar-refractivity contribution >= 4 is 11.8 Å². The number of carbonyl (C=O) groups is 2. The number of imide groups is 1. The molecule has 0 atom stereocenters. The van der Waals surface area contributed by atoms with Crippen LogP contribution in [0, 0.1) is 5.41 Å². The molecule has 0 saturated carbocycles. The van der Waals surface area contributed by atoms with E-state index < -0.39 is 5.41 Å². The van der Waals surface area contributed by atoms with Crippen LogP contribution in [0.5, 0.6) is 0 Å². The molecule has 1 aliphatic rings. The van der Waals surface area contributed by atoms with Crippen LogP contribution < -0.4 is 0 Å². The third-order valence-corrected chi connectivity index (χ3v) is 3.10. The first-order valence-electron chi connectivity index (χ1n) is 5.10. The van der Waals surface area contributed by atoms with Crippen molar-refractivity contribution in [3.8, 4) is 0 Å². The van der Waals surface area contributed by atoms with Gasteiger partial charge in [-0.25, -0.2) is 0 Å². The van der Waals surface area contributed by atoms with E-state index in [1.165, 1.54) is 4.90 Å². The summed E-state index contributed by atoms with van der Waals surface area (Å²) in [7, 11) is 0. The normalized spacial score (nSPS) is 20.6. The Kier molecular flexibility index (Phi) is 2.46. The van der Waals surface area contributed by atoms with Crippen molar-refractivity contribution < 1.29 is 9.59 Å². The molecule has 14 heavy (non-hydrogen) atoms. The lowest BCUT2D eigenvalue weighted by atomic mass is 9.81. The Labute approximate surface area is 85.5 Å². The minimum Gasteiger partial charge on any atom is -0.276 e. The van der Waals surface area contributed by atoms with Gasteiger partial charge >= 0.3 is 0 Å². The first-order valence-corrected chi connectivity index (χ1v) is 5.10. The molecule has 3 nitrogen and oxygen atoms in total. The summed E-state index contributed by atoms with van der Waals surface area (Å²) < 4.78 is 0. The molecule has 3 heteroatoms. The molecule has 1 heterocycles. The Hall–Kier alpha value is -0.860. The molecular formula is C11H19NO2. The van der Waals surface area contributed by atoms with E-state index in [1.807, 2.05) is 34.6 Å². The van der Waals surface area contributed by atoms with Gasteiger partial charge in [0.25, 0.3) is 0 Å². The van der Waals surface area contributed by atoms with E-state index in [9.17, 15) is 9.59 Å². The zero-order chi connectivity index (χ0) is 11.1. The van der Waals surface area contributed by atoms with Crippen molar-refractivity contribution in [1.82, 2.24) is 4.90 Å². The van der Waals surface area contributed by atoms with Crippen LogP contribution in [0.3, 0.4) is 0 Å². The fourth-order valence-corrected chi connectivity index (χ4v) is 1.62. The molecule has 2 amide bonds. The third-order valence-electron chi connectivity index (χ3n) is 3.10. The van der Waals surface area contributed by atoms with Crippen molar-refractivity contribution in [2.75, 3.05) is 0 Å². The van der Waals surface area contributed by atoms with E-state index >= 15 is 0 Å². The Bertz CT molecular complexity index is 279. The number of hydrogen-bond acceptors (Lipinski definition) is 2. The summed E-state index contributed by atoms with van der Waals surface area (Å²) in [6.45, 7) is 9.60. The molecule has 0 bridgehead atoms. The van der Waals surface area contributed by atoms with Crippen molar-refractivity contribution in [2.24, 2.45) is 5.41 Å². The van der Waals surface area contributed by atoms with Gasteiger partial charge in [-0.3, -0.25) is 14.5 Å². The predicted octanol–water partition coefficient (Wildman–Crippen LogP) is 1.96. The van der Waals surface area contributed by atoms with Crippen molar-refractivity contribution in [1.29, 1.82) is 0 Å². The summed E-state index contributed by atoms with van der Waals surface area (Å²) in [5.74, 6) is -0.0808. The molecule has 1 rings (SSSR count). The topological polar surface area (TPSA) is 37.4 Å². The van der Waals surface area contributed by atoms with Gasteiger partial charge in [0.05, 0.1) is 12.0 Å². The van der Waals surface area contributed by atoms with Crippen LogP contribution in [0.15, 0.2) is 0 Å². The molecule has 0 radical (unpaired) electrons. The predicted molar refractivity (Wildman–Crippen MR) is 54.6 cm³/mol. The number of carbonyl (C=O) groups excluding carboxylic acids is 2. The summed E-state index contributed by atoms with van der Waals surface area (Å²) >= 11 is 0. The van der Waals surface area contributed by atoms with Crippen LogP contribution in [0.25, 0.3) is 0 Å². The minimum atomic E-state index is -0.423. The van der Waals surface area contributed by atoms with Gasteiger partial charge in [0.2, 0.25) is 11.8 Å². The average molecular weight is 197 g/mol. The zero-order valence-corrected chi connectivity index (χ0v) is 9.68. The maximum atomic E-state index is 12.0. The van der Waals surface area contributed by atoms with Gasteiger partial charge in [-0.1, -0.05) is 20.8 Å². The van der Waals surface area contributed by atoms with Crippen molar-refractivity contribution in [3.63, 3.8) is 0 Å². The molecule has 1 saturated heterocycles. The smallest absolute Gasteiger partial charge is 0.235 e. The average Bonchev–Trinajstić information content (AvgIpc) is 2.02. The lowest BCUT2D eigenvalue weighted by molar-refractivity contribution is -0.170. The largest absolute Gasteiger partial charge is 0.276 e. The Balaban J connectivity index is 2.85. The molecule has 0 aromatic rings. The number of amides is 2. The molecule has 0 aromatic carbocycles. The molecule has 0 spiro atoms. The molecule has 80 valence electrons. The van der Waals surface area contributed by atoms with E-state index in [0.717, 1.165) is 6.42 Å². The highest BCUT2D eigenvalue weighted by Crippen LogP contribution is 2.36. The van der Waals surface area contributed by atoms with Gasteiger partial charge in [-0.15, -0.1) is 0 Å². The second-order valence-electron chi connectivity index (χ2n) is 5.26. The molecule has 1 aliphatic heterocycles. The number of hydrogen-bond donors (Lipinski definition) is 0. The summed E-state index contributed by atoms with van der Waals surface area (Å²) in [6, 6.07) is 0. The van der Waals surface area contributed by atoms with Gasteiger partial charge in [0, 0.05) is 5.41 Å². The summed E-state index contributed by atoms with van der Waals surface area (Å²) in [5.41, 5.74) is -0.700. The standard InChI is InChI=1S/C11H19NO2/c1-6-10(2,3)9(14)12-8(13)7-11(12,4)5/h6-7H2,1-5H3. The molecule has 1 fully saturated rings. The van der Waals surface area contributed by atoms with Crippen LogP contribution in [-0.2, 0) is 9.59 Å². The highest BCUT2D eigenvalue weighted by molar-refractivity contribution is 6.03. The Morgan fingerprint density at radius 3 is 2.29 bits per heavy atom. The quantitative estimate of drug-likeness (QED) is 0.634. The van der Waals surface area contributed by atoms with Gasteiger partial charge in [-0.2, -0.15) is 0 Å². The van der Waals surface area contributed by atoms with Crippen LogP contribution in [0.2, 0.25) is 0 Å². The molecular weight excluding hydrogens is 178 g/mol. The van der Waals surface area contributed by atoms with Gasteiger partial charge < -0.3 is 0 Å². The second-order valence-corrected chi connectivity index (χ2v) is 5.26. The van der Waals surface area contributed by atoms with E-state index in [0.29, 0.717) is 6.42 Å². The molecule has 0 N–H and O–H groups in total. The Morgan fingerprint density at radius 1 is 1.50 bits per heavy atom. The molecule has 0 aliphatic carbocycles. The zero-order valence-electron chi connectivity index (χ0n) is 9.68. The number of β-lactam (4-membered cyclic amide) rings is 1. The summed E-state index contributed by atoms with van der Waals surface area (Å²) in [6.07, 6.45) is 1.24. The minimum absolute atomic E-state index is 0.0403. The van der Waals surface area contributed by atoms with Crippen LogP contribution >= 0.6 is 0 Å². The van der Waals surface area contributed by atoms with Crippen molar-refractivity contribution in [2.45, 2.75) is 53.0 Å². The van der Waals surface area contributed by atoms with Crippen LogP contribution in [0.1, 0.15) is 47.5 Å². The van der Waals surface area contributed by atoms with E-state index in [2.05, 4.69) is 0 Å². The fraction of sp³-hybridized carbons (Fsp3) is 0.818. The lowest BCUT2D eigenvalue weighted by Crippen LogP contribution is -2.64. The number of likely N-dealkylation sites (tertiary alicyclic amines) is 1. The molecule has 0 unspecified atom stereocenters. The van der Waals surface area contributed by atoms with Gasteiger partial charge in [0.1, 0.15) is 0 Å². The third kappa shape index (κ3) is 1.56. The van der Waals surface area contributed by atoms with E-state index in [-0.39, 0.29) is 17.4 Å². The number of rotatable bonds is 2. The summed E-state index contributed by atoms with van der Waals surface area (Å²) in [4.78, 5) is 24.8. The summed E-state index contributed by atoms with van der Waals surface area (Å²) in [5, 5.41) is 0. The Morgan fingerprint density at radius 2 is 2.00 bits per heavy atom. The van der Waals surface area contributed by atoms with Gasteiger partial charge in [0.15, 0.2) is 0 Å². The fourth-order valence-electron chi connectivity index (χ4n) is 1.62. The first kappa shape index (κ1) is 11.2. The molecule has 0 aromatic heterocycles. The lowest BCUT2D eigenvalue weighted by Gasteiger charge is -2.48. The van der Waals surface area contributed by atoms with Crippen LogP contribution in [-0.4, -0.2) is 22.3 Å². The second kappa shape index (κ2) is 3.07. The SMILES string of the molecule is CCC(C)(C)C(=O)N1C(=O)CC1(C)C. The van der Waals surface area contributed by atoms with E-state index in [4.69, 9.17) is 0 Å². The van der Waals surface area contributed by atoms with E-state index in [1.54, 1.807) is 0 Å². The maximum absolute atomic E-state index is 12.0. The number of nitrogens with zero attached hydrogens (tertiary/aromatic N) is 1. The maximum Gasteiger partial charge on any atom is 0.235 e. The highest BCUT2D eigenvalue weighted by Gasteiger charge is 2.50. The van der Waals surface area contributed by atoms with Crippen LogP contribution in [0.4, 0.5) is 0 Å². The van der Waals surface area contributed by atoms with Gasteiger partial charge in [-0.05, 0) is 20.3 Å². The van der Waals surface area contributed by atoms with Crippen molar-refractivity contribution in [3.05, 3.63) is 0 Å².